The van der Waals surface area contributed by atoms with Crippen molar-refractivity contribution in [1.29, 1.82) is 0 Å². The summed E-state index contributed by atoms with van der Waals surface area (Å²) < 4.78 is 78.7. The zero-order chi connectivity index (χ0) is 25.8. The summed E-state index contributed by atoms with van der Waals surface area (Å²) in [6, 6.07) is 6.86. The first-order chi connectivity index (χ1) is 17.0. The van der Waals surface area contributed by atoms with Crippen molar-refractivity contribution in [2.45, 2.75) is 19.1 Å². The number of hydrogen-bond acceptors (Lipinski definition) is 8. The predicted molar refractivity (Wildman–Crippen MR) is 119 cm³/mol. The van der Waals surface area contributed by atoms with Crippen molar-refractivity contribution in [1.82, 2.24) is 29.1 Å². The second-order valence-electron chi connectivity index (χ2n) is 8.19. The van der Waals surface area contributed by atoms with Crippen LogP contribution in [0.3, 0.4) is 0 Å². The summed E-state index contributed by atoms with van der Waals surface area (Å²) in [5.74, 6) is -0.412. The Balaban J connectivity index is 1.66. The van der Waals surface area contributed by atoms with Crippen molar-refractivity contribution in [2.75, 3.05) is 26.0 Å². The van der Waals surface area contributed by atoms with E-state index >= 15 is 0 Å². The Morgan fingerprint density at radius 2 is 1.86 bits per heavy atom. The van der Waals surface area contributed by atoms with Gasteiger partial charge in [0, 0.05) is 12.2 Å². The number of hydrogen-bond donors (Lipinski definition) is 1. The molecule has 0 spiro atoms. The number of halogens is 3. The number of aromatic nitrogens is 5. The Morgan fingerprint density at radius 1 is 1.14 bits per heavy atom. The van der Waals surface area contributed by atoms with Gasteiger partial charge in [0.25, 0.3) is 11.4 Å². The van der Waals surface area contributed by atoms with Crippen molar-refractivity contribution < 1.29 is 30.7 Å². The van der Waals surface area contributed by atoms with Crippen molar-refractivity contribution in [3.8, 4) is 22.6 Å². The number of sulfonamides is 1. The van der Waals surface area contributed by atoms with Crippen LogP contribution in [0, 0.1) is 6.92 Å². The van der Waals surface area contributed by atoms with Crippen molar-refractivity contribution in [2.24, 2.45) is 0 Å². The number of ether oxygens (including phenoxy) is 1. The summed E-state index contributed by atoms with van der Waals surface area (Å²) in [4.78, 5) is 16.2. The van der Waals surface area contributed by atoms with Gasteiger partial charge in [-0.05, 0) is 12.5 Å². The zero-order valence-corrected chi connectivity index (χ0v) is 19.7. The first-order valence-corrected chi connectivity index (χ1v) is 12.5. The van der Waals surface area contributed by atoms with Crippen LogP contribution in [-0.2, 0) is 20.9 Å². The second-order valence-corrected chi connectivity index (χ2v) is 10.1. The Kier molecular flexibility index (Phi) is 5.72. The molecule has 36 heavy (non-hydrogen) atoms. The lowest BCUT2D eigenvalue weighted by Gasteiger charge is -2.31. The van der Waals surface area contributed by atoms with Gasteiger partial charge in [-0.3, -0.25) is 4.79 Å². The summed E-state index contributed by atoms with van der Waals surface area (Å²) >= 11 is 0. The average molecular weight is 524 g/mol. The van der Waals surface area contributed by atoms with E-state index in [1.165, 1.54) is 19.1 Å². The van der Waals surface area contributed by atoms with E-state index in [1.54, 1.807) is 18.2 Å². The number of morpholine rings is 1. The van der Waals surface area contributed by atoms with Crippen LogP contribution in [0.4, 0.5) is 13.2 Å². The Morgan fingerprint density at radius 3 is 2.53 bits per heavy atom. The molecule has 0 aliphatic carbocycles. The third-order valence-corrected chi connectivity index (χ3v) is 7.04. The van der Waals surface area contributed by atoms with Crippen LogP contribution in [0.1, 0.15) is 23.3 Å². The molecule has 0 bridgehead atoms. The highest BCUT2D eigenvalue weighted by Crippen LogP contribution is 2.38. The minimum Gasteiger partial charge on any atom is -0.419 e. The van der Waals surface area contributed by atoms with E-state index in [4.69, 9.17) is 9.15 Å². The van der Waals surface area contributed by atoms with Crippen LogP contribution in [0.5, 0.6) is 0 Å². The quantitative estimate of drug-likeness (QED) is 0.430. The van der Waals surface area contributed by atoms with Gasteiger partial charge in [0.2, 0.25) is 15.9 Å². The fourth-order valence-corrected chi connectivity index (χ4v) is 5.19. The van der Waals surface area contributed by atoms with Gasteiger partial charge in [-0.25, -0.2) is 8.42 Å². The van der Waals surface area contributed by atoms with Crippen molar-refractivity contribution in [3.05, 3.63) is 58.0 Å². The lowest BCUT2D eigenvalue weighted by atomic mass is 10.1. The van der Waals surface area contributed by atoms with Crippen molar-refractivity contribution >= 4 is 15.7 Å². The minimum absolute atomic E-state index is 0.0440. The van der Waals surface area contributed by atoms with E-state index in [2.05, 4.69) is 20.3 Å². The van der Waals surface area contributed by atoms with Gasteiger partial charge in [0.15, 0.2) is 5.69 Å². The molecule has 190 valence electrons. The van der Waals surface area contributed by atoms with Gasteiger partial charge in [0.1, 0.15) is 17.3 Å². The number of nitrogens with one attached hydrogen (secondary N) is 1. The molecule has 1 aliphatic heterocycles. The Bertz CT molecular complexity index is 1610. The molecule has 1 fully saturated rings. The maximum Gasteiger partial charge on any atom is 0.435 e. The Hall–Kier alpha value is -3.56. The van der Waals surface area contributed by atoms with E-state index in [0.717, 1.165) is 10.6 Å². The van der Waals surface area contributed by atoms with E-state index in [0.29, 0.717) is 4.52 Å². The number of aryl methyl sites for hydroxylation is 1. The first-order valence-electron chi connectivity index (χ1n) is 10.6. The minimum atomic E-state index is -4.83. The molecule has 1 aliphatic rings. The second kappa shape index (κ2) is 8.53. The van der Waals surface area contributed by atoms with E-state index in [9.17, 15) is 26.4 Å². The van der Waals surface area contributed by atoms with Crippen LogP contribution < -0.4 is 5.56 Å². The molecule has 5 rings (SSSR count). The maximum absolute atomic E-state index is 13.9. The first kappa shape index (κ1) is 24.1. The highest BCUT2D eigenvalue weighted by molar-refractivity contribution is 7.88. The number of H-pyrrole nitrogens is 1. The van der Waals surface area contributed by atoms with E-state index < -0.39 is 33.5 Å². The molecular weight excluding hydrogens is 505 g/mol. The molecule has 0 saturated carbocycles. The summed E-state index contributed by atoms with van der Waals surface area (Å²) in [5.41, 5.74) is -2.38. The van der Waals surface area contributed by atoms with Gasteiger partial charge in [-0.15, -0.1) is 10.2 Å². The number of alkyl halides is 3. The monoisotopic (exact) mass is 524 g/mol. The van der Waals surface area contributed by atoms with Crippen LogP contribution in [0.25, 0.3) is 28.2 Å². The normalized spacial score (nSPS) is 17.6. The fraction of sp³-hybridized carbons (Fsp3) is 0.333. The smallest absolute Gasteiger partial charge is 0.419 e. The largest absolute Gasteiger partial charge is 0.435 e. The Labute approximate surface area is 201 Å². The number of rotatable bonds is 4. The van der Waals surface area contributed by atoms with Crippen LogP contribution >= 0.6 is 0 Å². The van der Waals surface area contributed by atoms with Gasteiger partial charge in [0.05, 0.1) is 25.0 Å². The molecule has 11 nitrogen and oxygen atoms in total. The molecule has 1 atom stereocenters. The topological polar surface area (TPSA) is 136 Å². The van der Waals surface area contributed by atoms with Crippen LogP contribution in [0.15, 0.2) is 39.5 Å². The SMILES string of the molecule is Cc1[nH]c2c(-c3ccccc3)c(C(F)(F)F)nn2c(=O)c1-c1nnc(C2COCCN2S(C)(=O)=O)o1. The highest BCUT2D eigenvalue weighted by atomic mass is 32.2. The standard InChI is InChI=1S/C21H19F3N6O5S/c1-11-14(19-27-26-18(35-19)13-10-34-9-8-29(13)36(2,32)33)20(31)30-17(25-11)15(12-6-4-3-5-7-12)16(28-30)21(22,23)24/h3-7,13,25H,8-10H2,1-2H3. The van der Waals surface area contributed by atoms with E-state index in [-0.39, 0.29) is 59.6 Å². The molecule has 1 unspecified atom stereocenters. The molecule has 3 aromatic heterocycles. The number of aromatic amines is 1. The molecule has 1 saturated heterocycles. The van der Waals surface area contributed by atoms with E-state index in [1.807, 2.05) is 0 Å². The molecule has 1 N–H and O–H groups in total. The average Bonchev–Trinajstić information content (AvgIpc) is 3.44. The van der Waals surface area contributed by atoms with Crippen LogP contribution in [-0.4, -0.2) is 63.5 Å². The lowest BCUT2D eigenvalue weighted by Crippen LogP contribution is -2.42. The van der Waals surface area contributed by atoms with Gasteiger partial charge < -0.3 is 14.1 Å². The molecule has 4 aromatic rings. The zero-order valence-electron chi connectivity index (χ0n) is 18.9. The molecule has 0 amide bonds. The highest BCUT2D eigenvalue weighted by Gasteiger charge is 2.40. The van der Waals surface area contributed by atoms with Crippen LogP contribution in [0.2, 0.25) is 0 Å². The summed E-state index contributed by atoms with van der Waals surface area (Å²) in [5, 5.41) is 11.3. The van der Waals surface area contributed by atoms with Gasteiger partial charge in [-0.1, -0.05) is 30.3 Å². The predicted octanol–water partition coefficient (Wildman–Crippen LogP) is 2.40. The number of benzene rings is 1. The molecule has 15 heteroatoms. The summed E-state index contributed by atoms with van der Waals surface area (Å²) in [7, 11) is -3.63. The third-order valence-electron chi connectivity index (χ3n) is 5.75. The van der Waals surface area contributed by atoms with Gasteiger partial charge in [-0.2, -0.15) is 27.1 Å². The molecule has 1 aromatic carbocycles. The number of nitrogens with zero attached hydrogens (tertiary/aromatic N) is 5. The molecule has 0 radical (unpaired) electrons. The number of fused-ring (bicyclic) bond motifs is 1. The lowest BCUT2D eigenvalue weighted by molar-refractivity contribution is -0.140. The van der Waals surface area contributed by atoms with Crippen molar-refractivity contribution in [3.63, 3.8) is 0 Å². The molecule has 4 heterocycles. The fourth-order valence-electron chi connectivity index (χ4n) is 4.17. The van der Waals surface area contributed by atoms with Gasteiger partial charge >= 0.3 is 6.18 Å². The maximum atomic E-state index is 13.9. The molecular formula is C21H19F3N6O5S. The summed E-state index contributed by atoms with van der Waals surface area (Å²) in [6.07, 6.45) is -3.80. The summed E-state index contributed by atoms with van der Waals surface area (Å²) in [6.45, 7) is 1.69. The third kappa shape index (κ3) is 4.08.